The van der Waals surface area contributed by atoms with Gasteiger partial charge in [-0.2, -0.15) is 0 Å². The SMILES string of the molecule is Cc1cc(C)cc(NS(=O)(=O)c2ccc3c(c2)N(C(=O)c2ccco2)CCO3)c1. The molecule has 0 fully saturated rings. The molecule has 150 valence electrons. The monoisotopic (exact) mass is 412 g/mol. The number of sulfonamides is 1. The van der Waals surface area contributed by atoms with Gasteiger partial charge >= 0.3 is 0 Å². The predicted octanol–water partition coefficient (Wildman–Crippen LogP) is 3.74. The number of nitrogens with one attached hydrogen (secondary N) is 1. The quantitative estimate of drug-likeness (QED) is 0.705. The Bertz CT molecular complexity index is 1150. The molecule has 1 N–H and O–H groups in total. The lowest BCUT2D eigenvalue weighted by atomic mass is 10.1. The molecule has 0 bridgehead atoms. The van der Waals surface area contributed by atoms with Gasteiger partial charge in [-0.05, 0) is 67.4 Å². The average Bonchev–Trinajstić information content (AvgIpc) is 3.20. The first-order valence-corrected chi connectivity index (χ1v) is 10.6. The molecule has 7 nitrogen and oxygen atoms in total. The Hall–Kier alpha value is -3.26. The molecule has 0 unspecified atom stereocenters. The summed E-state index contributed by atoms with van der Waals surface area (Å²) in [7, 11) is -3.85. The number of carbonyl (C=O) groups excluding carboxylic acids is 1. The summed E-state index contributed by atoms with van der Waals surface area (Å²) in [4.78, 5) is 14.3. The second kappa shape index (κ2) is 7.29. The van der Waals surface area contributed by atoms with Crippen LogP contribution in [0.25, 0.3) is 0 Å². The Kier molecular flexibility index (Phi) is 4.79. The van der Waals surface area contributed by atoms with Gasteiger partial charge in [0.15, 0.2) is 5.76 Å². The summed E-state index contributed by atoms with van der Waals surface area (Å²) in [6, 6.07) is 13.2. The number of ether oxygens (including phenoxy) is 1. The fourth-order valence-corrected chi connectivity index (χ4v) is 4.42. The van der Waals surface area contributed by atoms with Crippen LogP contribution < -0.4 is 14.4 Å². The van der Waals surface area contributed by atoms with E-state index in [0.717, 1.165) is 11.1 Å². The first-order chi connectivity index (χ1) is 13.8. The fourth-order valence-electron chi connectivity index (χ4n) is 3.36. The van der Waals surface area contributed by atoms with E-state index in [1.807, 2.05) is 19.9 Å². The number of amides is 1. The molecule has 2 aromatic carbocycles. The highest BCUT2D eigenvalue weighted by Crippen LogP contribution is 2.35. The zero-order chi connectivity index (χ0) is 20.6. The van der Waals surface area contributed by atoms with Crippen LogP contribution in [-0.2, 0) is 10.0 Å². The largest absolute Gasteiger partial charge is 0.490 e. The van der Waals surface area contributed by atoms with E-state index in [1.165, 1.54) is 23.3 Å². The van der Waals surface area contributed by atoms with Crippen LogP contribution in [-0.4, -0.2) is 27.5 Å². The van der Waals surface area contributed by atoms with Crippen LogP contribution >= 0.6 is 0 Å². The summed E-state index contributed by atoms with van der Waals surface area (Å²) in [5, 5.41) is 0. The van der Waals surface area contributed by atoms with E-state index < -0.39 is 10.0 Å². The lowest BCUT2D eigenvalue weighted by Crippen LogP contribution is -2.38. The molecular formula is C21H20N2O5S. The van der Waals surface area contributed by atoms with Crippen LogP contribution in [0.4, 0.5) is 11.4 Å². The maximum Gasteiger partial charge on any atom is 0.294 e. The number of rotatable bonds is 4. The van der Waals surface area contributed by atoms with Crippen molar-refractivity contribution >= 4 is 27.3 Å². The maximum atomic E-state index is 12.9. The number of carbonyl (C=O) groups is 1. The van der Waals surface area contributed by atoms with Gasteiger partial charge in [-0.3, -0.25) is 14.4 Å². The average molecular weight is 412 g/mol. The second-order valence-corrected chi connectivity index (χ2v) is 8.58. The molecule has 29 heavy (non-hydrogen) atoms. The maximum absolute atomic E-state index is 12.9. The molecule has 4 rings (SSSR count). The lowest BCUT2D eigenvalue weighted by molar-refractivity contribution is 0.0949. The Morgan fingerprint density at radius 2 is 1.83 bits per heavy atom. The van der Waals surface area contributed by atoms with Crippen LogP contribution in [0.2, 0.25) is 0 Å². The number of anilines is 2. The van der Waals surface area contributed by atoms with Gasteiger partial charge in [-0.25, -0.2) is 8.42 Å². The predicted molar refractivity (Wildman–Crippen MR) is 109 cm³/mol. The molecule has 0 saturated heterocycles. The second-order valence-electron chi connectivity index (χ2n) is 6.89. The van der Waals surface area contributed by atoms with E-state index in [0.29, 0.717) is 30.3 Å². The molecule has 3 aromatic rings. The molecule has 2 heterocycles. The zero-order valence-corrected chi connectivity index (χ0v) is 16.8. The fraction of sp³-hybridized carbons (Fsp3) is 0.190. The minimum Gasteiger partial charge on any atom is -0.490 e. The van der Waals surface area contributed by atoms with Gasteiger partial charge in [0, 0.05) is 5.69 Å². The molecule has 8 heteroatoms. The minimum absolute atomic E-state index is 0.0400. The summed E-state index contributed by atoms with van der Waals surface area (Å²) in [6.07, 6.45) is 1.42. The van der Waals surface area contributed by atoms with E-state index in [4.69, 9.17) is 9.15 Å². The van der Waals surface area contributed by atoms with Crippen molar-refractivity contribution in [1.82, 2.24) is 0 Å². The molecular weight excluding hydrogens is 392 g/mol. The highest BCUT2D eigenvalue weighted by Gasteiger charge is 2.28. The molecule has 0 aliphatic carbocycles. The minimum atomic E-state index is -3.85. The van der Waals surface area contributed by atoms with Crippen molar-refractivity contribution in [3.05, 3.63) is 71.7 Å². The standard InChI is InChI=1S/C21H20N2O5S/c1-14-10-15(2)12-16(11-14)22-29(25,26)17-5-6-19-18(13-17)23(7-9-28-19)21(24)20-4-3-8-27-20/h3-6,8,10-13,22H,7,9H2,1-2H3. The van der Waals surface area contributed by atoms with Crippen LogP contribution in [0.3, 0.4) is 0 Å². The van der Waals surface area contributed by atoms with Crippen molar-refractivity contribution in [3.8, 4) is 5.75 Å². The van der Waals surface area contributed by atoms with Gasteiger partial charge in [-0.15, -0.1) is 0 Å². The van der Waals surface area contributed by atoms with Crippen molar-refractivity contribution in [3.63, 3.8) is 0 Å². The highest BCUT2D eigenvalue weighted by molar-refractivity contribution is 7.92. The van der Waals surface area contributed by atoms with Crippen molar-refractivity contribution in [2.45, 2.75) is 18.7 Å². The van der Waals surface area contributed by atoms with Crippen LogP contribution in [0, 0.1) is 13.8 Å². The third-order valence-corrected chi connectivity index (χ3v) is 5.93. The number of furan rings is 1. The van der Waals surface area contributed by atoms with E-state index >= 15 is 0 Å². The first-order valence-electron chi connectivity index (χ1n) is 9.07. The van der Waals surface area contributed by atoms with Gasteiger partial charge in [0.2, 0.25) is 0 Å². The number of hydrogen-bond acceptors (Lipinski definition) is 5. The number of nitrogens with zero attached hydrogens (tertiary/aromatic N) is 1. The number of benzene rings is 2. The van der Waals surface area contributed by atoms with E-state index in [-0.39, 0.29) is 16.6 Å². The topological polar surface area (TPSA) is 88.9 Å². The molecule has 0 radical (unpaired) electrons. The van der Waals surface area contributed by atoms with Gasteiger partial charge in [0.05, 0.1) is 23.4 Å². The molecule has 1 amide bonds. The van der Waals surface area contributed by atoms with E-state index in [1.54, 1.807) is 30.3 Å². The van der Waals surface area contributed by atoms with Gasteiger partial charge in [-0.1, -0.05) is 6.07 Å². The Morgan fingerprint density at radius 3 is 2.52 bits per heavy atom. The molecule has 1 aliphatic heterocycles. The van der Waals surface area contributed by atoms with Gasteiger partial charge in [0.1, 0.15) is 12.4 Å². The third-order valence-electron chi connectivity index (χ3n) is 4.55. The van der Waals surface area contributed by atoms with Crippen LogP contribution in [0.15, 0.2) is 64.1 Å². The van der Waals surface area contributed by atoms with Crippen molar-refractivity contribution in [2.75, 3.05) is 22.8 Å². The highest BCUT2D eigenvalue weighted by atomic mass is 32.2. The number of aryl methyl sites for hydroxylation is 2. The summed E-state index contributed by atoms with van der Waals surface area (Å²) in [5.74, 6) is 0.275. The van der Waals surface area contributed by atoms with Crippen LogP contribution in [0.1, 0.15) is 21.7 Å². The lowest BCUT2D eigenvalue weighted by Gasteiger charge is -2.29. The summed E-state index contributed by atoms with van der Waals surface area (Å²) in [6.45, 7) is 4.41. The Morgan fingerprint density at radius 1 is 1.07 bits per heavy atom. The Labute approximate surface area is 169 Å². The smallest absolute Gasteiger partial charge is 0.294 e. The van der Waals surface area contributed by atoms with E-state index in [2.05, 4.69) is 4.72 Å². The summed E-state index contributed by atoms with van der Waals surface area (Å²) in [5.41, 5.74) is 2.79. The van der Waals surface area contributed by atoms with Crippen LogP contribution in [0.5, 0.6) is 5.75 Å². The van der Waals surface area contributed by atoms with Crippen molar-refractivity contribution in [1.29, 1.82) is 0 Å². The zero-order valence-electron chi connectivity index (χ0n) is 16.0. The summed E-state index contributed by atoms with van der Waals surface area (Å²) < 4.78 is 39.3. The van der Waals surface area contributed by atoms with E-state index in [9.17, 15) is 13.2 Å². The molecule has 0 spiro atoms. The molecule has 1 aliphatic rings. The van der Waals surface area contributed by atoms with Crippen molar-refractivity contribution < 1.29 is 22.4 Å². The number of hydrogen-bond donors (Lipinski definition) is 1. The molecule has 1 aromatic heterocycles. The summed E-state index contributed by atoms with van der Waals surface area (Å²) >= 11 is 0. The Balaban J connectivity index is 1.69. The van der Waals surface area contributed by atoms with Gasteiger partial charge < -0.3 is 9.15 Å². The third kappa shape index (κ3) is 3.84. The first kappa shape index (κ1) is 19.1. The molecule has 0 atom stereocenters. The van der Waals surface area contributed by atoms with Crippen molar-refractivity contribution in [2.24, 2.45) is 0 Å². The molecule has 0 saturated carbocycles. The normalized spacial score (nSPS) is 13.5. The number of fused-ring (bicyclic) bond motifs is 1. The van der Waals surface area contributed by atoms with Gasteiger partial charge in [0.25, 0.3) is 15.9 Å².